The number of nitrogens with one attached hydrogen (secondary N) is 1. The number of nitrogens with zero attached hydrogens (tertiary/aromatic N) is 4. The highest BCUT2D eigenvalue weighted by Gasteiger charge is 2.27. The summed E-state index contributed by atoms with van der Waals surface area (Å²) in [5.41, 5.74) is 1.84. The smallest absolute Gasteiger partial charge is 0.275 e. The first-order valence-corrected chi connectivity index (χ1v) is 8.24. The van der Waals surface area contributed by atoms with E-state index in [-0.39, 0.29) is 11.6 Å². The van der Waals surface area contributed by atoms with Gasteiger partial charge in [-0.1, -0.05) is 18.2 Å². The summed E-state index contributed by atoms with van der Waals surface area (Å²) in [6.07, 6.45) is 0.683. The lowest BCUT2D eigenvalue weighted by Crippen LogP contribution is -2.27. The van der Waals surface area contributed by atoms with E-state index in [1.165, 1.54) is 4.68 Å². The summed E-state index contributed by atoms with van der Waals surface area (Å²) < 4.78 is 22.5. The predicted octanol–water partition coefficient (Wildman–Crippen LogP) is 1.89. The van der Waals surface area contributed by atoms with E-state index in [1.807, 2.05) is 35.9 Å². The van der Waals surface area contributed by atoms with Gasteiger partial charge < -0.3 is 10.1 Å². The first kappa shape index (κ1) is 15.6. The average molecular weight is 343 g/mol. The summed E-state index contributed by atoms with van der Waals surface area (Å²) in [7, 11) is 0. The number of ether oxygens (including phenoxy) is 1. The van der Waals surface area contributed by atoms with Crippen LogP contribution in [0, 0.1) is 12.7 Å². The third-order valence-electron chi connectivity index (χ3n) is 4.28. The van der Waals surface area contributed by atoms with Gasteiger partial charge in [0, 0.05) is 18.5 Å². The van der Waals surface area contributed by atoms with Crippen molar-refractivity contribution in [3.8, 4) is 5.88 Å². The summed E-state index contributed by atoms with van der Waals surface area (Å²) in [5.74, 6) is -1.17. The van der Waals surface area contributed by atoms with Gasteiger partial charge in [-0.3, -0.25) is 9.48 Å². The zero-order valence-corrected chi connectivity index (χ0v) is 13.8. The van der Waals surface area contributed by atoms with Gasteiger partial charge in [-0.05, 0) is 19.4 Å². The molecule has 0 fully saturated rings. The van der Waals surface area contributed by atoms with Gasteiger partial charge in [0.1, 0.15) is 6.61 Å². The summed E-state index contributed by atoms with van der Waals surface area (Å²) in [5, 5.41) is 12.3. The van der Waals surface area contributed by atoms with Crippen molar-refractivity contribution < 1.29 is 13.9 Å². The van der Waals surface area contributed by atoms with Crippen LogP contribution in [0.3, 0.4) is 0 Å². The van der Waals surface area contributed by atoms with Gasteiger partial charge in [-0.15, -0.1) is 0 Å². The number of aromatic nitrogens is 4. The molecule has 0 radical (unpaired) electrons. The van der Waals surface area contributed by atoms with Crippen molar-refractivity contribution in [3.63, 3.8) is 0 Å². The molecule has 1 amide bonds. The minimum absolute atomic E-state index is 0.0450. The molecule has 4 rings (SSSR count). The van der Waals surface area contributed by atoms with Gasteiger partial charge in [-0.25, -0.2) is 4.68 Å². The van der Waals surface area contributed by atoms with E-state index in [2.05, 4.69) is 15.5 Å². The SMILES string of the molecule is Cc1nn(CCCNC(=O)c2nn3c(c2F)OCC3)c2ccccc12. The molecule has 1 aliphatic rings. The summed E-state index contributed by atoms with van der Waals surface area (Å²) >= 11 is 0. The number of hydrogen-bond acceptors (Lipinski definition) is 4. The van der Waals surface area contributed by atoms with Crippen LogP contribution in [0.15, 0.2) is 24.3 Å². The lowest BCUT2D eigenvalue weighted by atomic mass is 10.2. The highest BCUT2D eigenvalue weighted by molar-refractivity contribution is 5.92. The maximum atomic E-state index is 14.1. The van der Waals surface area contributed by atoms with E-state index in [9.17, 15) is 9.18 Å². The van der Waals surface area contributed by atoms with Crippen LogP contribution in [0.2, 0.25) is 0 Å². The number of fused-ring (bicyclic) bond motifs is 2. The fraction of sp³-hybridized carbons (Fsp3) is 0.353. The van der Waals surface area contributed by atoms with Crippen molar-refractivity contribution in [2.45, 2.75) is 26.4 Å². The minimum Gasteiger partial charge on any atom is -0.474 e. The number of aryl methyl sites for hydroxylation is 2. The Morgan fingerprint density at radius 3 is 3.04 bits per heavy atom. The Balaban J connectivity index is 1.36. The second-order valence-corrected chi connectivity index (χ2v) is 5.97. The van der Waals surface area contributed by atoms with Crippen molar-refractivity contribution in [2.75, 3.05) is 13.2 Å². The van der Waals surface area contributed by atoms with E-state index >= 15 is 0 Å². The molecule has 0 unspecified atom stereocenters. The molecule has 8 heteroatoms. The molecule has 0 atom stereocenters. The Hall–Kier alpha value is -2.90. The second-order valence-electron chi connectivity index (χ2n) is 5.97. The molecule has 0 spiro atoms. The second kappa shape index (κ2) is 6.19. The van der Waals surface area contributed by atoms with Crippen molar-refractivity contribution in [3.05, 3.63) is 41.5 Å². The standard InChI is InChI=1S/C17H18FN5O2/c1-11-12-5-2-3-6-13(12)22(20-11)8-4-7-19-16(24)15-14(18)17-23(21-15)9-10-25-17/h2-3,5-6H,4,7-10H2,1H3,(H,19,24). The first-order valence-electron chi connectivity index (χ1n) is 8.24. The molecule has 1 aromatic carbocycles. The van der Waals surface area contributed by atoms with Gasteiger partial charge in [0.05, 0.1) is 17.8 Å². The van der Waals surface area contributed by atoms with E-state index in [1.54, 1.807) is 0 Å². The van der Waals surface area contributed by atoms with E-state index in [4.69, 9.17) is 4.74 Å². The molecular weight excluding hydrogens is 325 g/mol. The molecule has 3 heterocycles. The molecule has 1 aliphatic heterocycles. The molecule has 25 heavy (non-hydrogen) atoms. The Labute approximate surface area is 143 Å². The third-order valence-corrected chi connectivity index (χ3v) is 4.28. The summed E-state index contributed by atoms with van der Waals surface area (Å²) in [6, 6.07) is 8.03. The number of benzene rings is 1. The van der Waals surface area contributed by atoms with E-state index < -0.39 is 11.7 Å². The first-order chi connectivity index (χ1) is 12.1. The highest BCUT2D eigenvalue weighted by Crippen LogP contribution is 2.24. The molecule has 3 aromatic rings. The van der Waals surface area contributed by atoms with Crippen LogP contribution in [0.1, 0.15) is 22.6 Å². The summed E-state index contributed by atoms with van der Waals surface area (Å²) in [4.78, 5) is 12.1. The number of amides is 1. The Morgan fingerprint density at radius 2 is 2.20 bits per heavy atom. The number of halogens is 1. The van der Waals surface area contributed by atoms with Gasteiger partial charge in [0.2, 0.25) is 11.7 Å². The van der Waals surface area contributed by atoms with Crippen LogP contribution >= 0.6 is 0 Å². The van der Waals surface area contributed by atoms with Crippen molar-refractivity contribution in [2.24, 2.45) is 0 Å². The number of carbonyl (C=O) groups is 1. The fourth-order valence-electron chi connectivity index (χ4n) is 3.07. The van der Waals surface area contributed by atoms with Crippen molar-refractivity contribution >= 4 is 16.8 Å². The van der Waals surface area contributed by atoms with Gasteiger partial charge in [-0.2, -0.15) is 14.6 Å². The van der Waals surface area contributed by atoms with Crippen LogP contribution in [0.4, 0.5) is 4.39 Å². The monoisotopic (exact) mass is 343 g/mol. The topological polar surface area (TPSA) is 74.0 Å². The molecule has 0 aliphatic carbocycles. The zero-order valence-electron chi connectivity index (χ0n) is 13.8. The van der Waals surface area contributed by atoms with Crippen LogP contribution in [0.5, 0.6) is 5.88 Å². The zero-order chi connectivity index (χ0) is 17.4. The Kier molecular flexibility index (Phi) is 3.87. The average Bonchev–Trinajstić information content (AvgIpc) is 3.28. The molecule has 2 aromatic heterocycles. The molecule has 0 saturated carbocycles. The molecule has 0 bridgehead atoms. The van der Waals surface area contributed by atoms with Crippen molar-refractivity contribution in [1.29, 1.82) is 0 Å². The van der Waals surface area contributed by atoms with Crippen LogP contribution < -0.4 is 10.1 Å². The van der Waals surface area contributed by atoms with Gasteiger partial charge in [0.15, 0.2) is 5.69 Å². The lowest BCUT2D eigenvalue weighted by molar-refractivity contribution is 0.0942. The molecule has 7 nitrogen and oxygen atoms in total. The normalized spacial score (nSPS) is 13.0. The highest BCUT2D eigenvalue weighted by atomic mass is 19.1. The maximum Gasteiger partial charge on any atom is 0.275 e. The number of hydrogen-bond donors (Lipinski definition) is 1. The van der Waals surface area contributed by atoms with Crippen LogP contribution in [-0.2, 0) is 13.1 Å². The molecule has 130 valence electrons. The fourth-order valence-corrected chi connectivity index (χ4v) is 3.07. The quantitative estimate of drug-likeness (QED) is 0.718. The minimum atomic E-state index is -0.691. The predicted molar refractivity (Wildman–Crippen MR) is 89.1 cm³/mol. The molecule has 1 N–H and O–H groups in total. The largest absolute Gasteiger partial charge is 0.474 e. The Morgan fingerprint density at radius 1 is 1.36 bits per heavy atom. The molecular formula is C17H18FN5O2. The summed E-state index contributed by atoms with van der Waals surface area (Å²) in [6.45, 7) is 3.90. The van der Waals surface area contributed by atoms with E-state index in [0.29, 0.717) is 32.7 Å². The Bertz CT molecular complexity index is 946. The number of para-hydroxylation sites is 1. The molecule has 0 saturated heterocycles. The number of rotatable bonds is 5. The lowest BCUT2D eigenvalue weighted by Gasteiger charge is -2.05. The third kappa shape index (κ3) is 2.73. The number of carbonyl (C=O) groups excluding carboxylic acids is 1. The maximum absolute atomic E-state index is 14.1. The van der Waals surface area contributed by atoms with Crippen LogP contribution in [-0.4, -0.2) is 38.6 Å². The van der Waals surface area contributed by atoms with Gasteiger partial charge in [0.25, 0.3) is 5.91 Å². The van der Waals surface area contributed by atoms with Crippen LogP contribution in [0.25, 0.3) is 10.9 Å². The van der Waals surface area contributed by atoms with Gasteiger partial charge >= 0.3 is 0 Å². The van der Waals surface area contributed by atoms with Crippen molar-refractivity contribution in [1.82, 2.24) is 24.9 Å². The van der Waals surface area contributed by atoms with E-state index in [0.717, 1.165) is 16.6 Å².